The second-order valence-corrected chi connectivity index (χ2v) is 6.87. The van der Waals surface area contributed by atoms with Crippen LogP contribution >= 0.6 is 11.3 Å². The Bertz CT molecular complexity index is 652. The Hall–Kier alpha value is -2.14. The van der Waals surface area contributed by atoms with E-state index in [1.807, 2.05) is 38.1 Å². The summed E-state index contributed by atoms with van der Waals surface area (Å²) in [5.41, 5.74) is 1.26. The van der Waals surface area contributed by atoms with Crippen LogP contribution in [0, 0.1) is 6.92 Å². The first kappa shape index (κ1) is 17.2. The molecule has 4 nitrogen and oxygen atoms in total. The minimum absolute atomic E-state index is 0.00541. The summed E-state index contributed by atoms with van der Waals surface area (Å²) in [5, 5.41) is 5.56. The summed E-state index contributed by atoms with van der Waals surface area (Å²) < 4.78 is 0. The zero-order valence-corrected chi connectivity index (χ0v) is 14.3. The molecule has 5 heteroatoms. The van der Waals surface area contributed by atoms with E-state index in [0.717, 1.165) is 17.7 Å². The van der Waals surface area contributed by atoms with Crippen LogP contribution in [-0.2, 0) is 11.2 Å². The second kappa shape index (κ2) is 8.48. The summed E-state index contributed by atoms with van der Waals surface area (Å²) in [6.45, 7) is 3.93. The van der Waals surface area contributed by atoms with Gasteiger partial charge < -0.3 is 10.6 Å². The fraction of sp³-hybridized carbons (Fsp3) is 0.333. The van der Waals surface area contributed by atoms with Gasteiger partial charge in [-0.3, -0.25) is 9.59 Å². The molecule has 1 atom stereocenters. The molecule has 0 aliphatic carbocycles. The SMILES string of the molecule is Cc1ccc(C(=O)NCC(=O)N[C@H](C)CCc2ccccc2)s1. The quantitative estimate of drug-likeness (QED) is 0.820. The Morgan fingerprint density at radius 3 is 2.52 bits per heavy atom. The summed E-state index contributed by atoms with van der Waals surface area (Å²) in [5.74, 6) is -0.359. The number of rotatable bonds is 7. The Balaban J connectivity index is 1.68. The first-order chi connectivity index (χ1) is 11.0. The Morgan fingerprint density at radius 1 is 1.13 bits per heavy atom. The molecule has 0 saturated carbocycles. The van der Waals surface area contributed by atoms with Gasteiger partial charge in [0.15, 0.2) is 0 Å². The molecule has 0 aliphatic rings. The highest BCUT2D eigenvalue weighted by Crippen LogP contribution is 2.14. The van der Waals surface area contributed by atoms with E-state index in [1.54, 1.807) is 6.07 Å². The fourth-order valence-electron chi connectivity index (χ4n) is 2.23. The van der Waals surface area contributed by atoms with E-state index < -0.39 is 0 Å². The van der Waals surface area contributed by atoms with Crippen LogP contribution in [0.5, 0.6) is 0 Å². The van der Waals surface area contributed by atoms with Crippen LogP contribution in [-0.4, -0.2) is 24.4 Å². The lowest BCUT2D eigenvalue weighted by Gasteiger charge is -2.14. The van der Waals surface area contributed by atoms with Gasteiger partial charge in [0.2, 0.25) is 5.91 Å². The summed E-state index contributed by atoms with van der Waals surface area (Å²) in [6, 6.07) is 13.9. The van der Waals surface area contributed by atoms with Crippen molar-refractivity contribution in [2.45, 2.75) is 32.7 Å². The van der Waals surface area contributed by atoms with Gasteiger partial charge in [-0.05, 0) is 44.4 Å². The van der Waals surface area contributed by atoms with Gasteiger partial charge >= 0.3 is 0 Å². The van der Waals surface area contributed by atoms with Crippen LogP contribution in [0.25, 0.3) is 0 Å². The average molecular weight is 330 g/mol. The molecule has 2 aromatic rings. The maximum absolute atomic E-state index is 11.9. The number of thiophene rings is 1. The van der Waals surface area contributed by atoms with Crippen molar-refractivity contribution in [2.75, 3.05) is 6.54 Å². The molecule has 0 aliphatic heterocycles. The summed E-state index contributed by atoms with van der Waals surface area (Å²) in [6.07, 6.45) is 1.79. The van der Waals surface area contributed by atoms with Gasteiger partial charge in [0.25, 0.3) is 5.91 Å². The van der Waals surface area contributed by atoms with E-state index >= 15 is 0 Å². The van der Waals surface area contributed by atoms with Gasteiger partial charge in [-0.25, -0.2) is 0 Å². The van der Waals surface area contributed by atoms with E-state index in [0.29, 0.717) is 4.88 Å². The Kier molecular flexibility index (Phi) is 6.35. The summed E-state index contributed by atoms with van der Waals surface area (Å²) in [4.78, 5) is 25.5. The van der Waals surface area contributed by atoms with Crippen LogP contribution in [0.1, 0.15) is 33.5 Å². The second-order valence-electron chi connectivity index (χ2n) is 5.59. The smallest absolute Gasteiger partial charge is 0.261 e. The van der Waals surface area contributed by atoms with Gasteiger partial charge in [-0.15, -0.1) is 11.3 Å². The highest BCUT2D eigenvalue weighted by molar-refractivity contribution is 7.13. The molecular formula is C18H22N2O2S. The Morgan fingerprint density at radius 2 is 1.87 bits per heavy atom. The summed E-state index contributed by atoms with van der Waals surface area (Å²) in [7, 11) is 0. The van der Waals surface area contributed by atoms with Crippen molar-refractivity contribution in [3.8, 4) is 0 Å². The molecule has 2 amide bonds. The molecule has 0 spiro atoms. The third-order valence-corrected chi connectivity index (χ3v) is 4.49. The van der Waals surface area contributed by atoms with Gasteiger partial charge in [-0.1, -0.05) is 30.3 Å². The molecule has 1 heterocycles. The third kappa shape index (κ3) is 5.87. The van der Waals surface area contributed by atoms with Crippen molar-refractivity contribution in [3.05, 3.63) is 57.8 Å². The highest BCUT2D eigenvalue weighted by atomic mass is 32.1. The van der Waals surface area contributed by atoms with E-state index in [-0.39, 0.29) is 24.4 Å². The van der Waals surface area contributed by atoms with Crippen LogP contribution in [0.3, 0.4) is 0 Å². The maximum atomic E-state index is 11.9. The number of hydrogen-bond donors (Lipinski definition) is 2. The topological polar surface area (TPSA) is 58.2 Å². The minimum atomic E-state index is -0.199. The van der Waals surface area contributed by atoms with Crippen molar-refractivity contribution in [1.82, 2.24) is 10.6 Å². The van der Waals surface area contributed by atoms with Crippen molar-refractivity contribution >= 4 is 23.2 Å². The maximum Gasteiger partial charge on any atom is 0.261 e. The standard InChI is InChI=1S/C18H22N2O2S/c1-13(8-10-15-6-4-3-5-7-15)20-17(21)12-19-18(22)16-11-9-14(2)23-16/h3-7,9,11,13H,8,10,12H2,1-2H3,(H,19,22)(H,20,21)/t13-/m1/s1. The Labute approximate surface area is 140 Å². The van der Waals surface area contributed by atoms with E-state index in [1.165, 1.54) is 16.9 Å². The number of amides is 2. The monoisotopic (exact) mass is 330 g/mol. The largest absolute Gasteiger partial charge is 0.352 e. The van der Waals surface area contributed by atoms with Gasteiger partial charge in [0.05, 0.1) is 11.4 Å². The zero-order chi connectivity index (χ0) is 16.7. The molecule has 1 aromatic heterocycles. The predicted molar refractivity (Wildman–Crippen MR) is 93.8 cm³/mol. The molecule has 23 heavy (non-hydrogen) atoms. The molecule has 122 valence electrons. The molecule has 1 aromatic carbocycles. The number of carbonyl (C=O) groups is 2. The van der Waals surface area contributed by atoms with E-state index in [9.17, 15) is 9.59 Å². The predicted octanol–water partition coefficient (Wildman–Crippen LogP) is 2.92. The van der Waals surface area contributed by atoms with Crippen molar-refractivity contribution in [3.63, 3.8) is 0 Å². The number of hydrogen-bond acceptors (Lipinski definition) is 3. The molecular weight excluding hydrogens is 308 g/mol. The normalized spacial score (nSPS) is 11.7. The first-order valence-corrected chi connectivity index (χ1v) is 8.54. The highest BCUT2D eigenvalue weighted by Gasteiger charge is 2.11. The van der Waals surface area contributed by atoms with E-state index in [4.69, 9.17) is 0 Å². The van der Waals surface area contributed by atoms with Crippen molar-refractivity contribution < 1.29 is 9.59 Å². The third-order valence-electron chi connectivity index (χ3n) is 3.49. The van der Waals surface area contributed by atoms with Crippen molar-refractivity contribution in [1.29, 1.82) is 0 Å². The van der Waals surface area contributed by atoms with Crippen molar-refractivity contribution in [2.24, 2.45) is 0 Å². The fourth-order valence-corrected chi connectivity index (χ4v) is 3.01. The van der Waals surface area contributed by atoms with Crippen LogP contribution in [0.2, 0.25) is 0 Å². The molecule has 0 bridgehead atoms. The molecule has 0 unspecified atom stereocenters. The molecule has 2 rings (SSSR count). The van der Waals surface area contributed by atoms with Crippen LogP contribution in [0.15, 0.2) is 42.5 Å². The number of nitrogens with one attached hydrogen (secondary N) is 2. The lowest BCUT2D eigenvalue weighted by molar-refractivity contribution is -0.120. The lowest BCUT2D eigenvalue weighted by Crippen LogP contribution is -2.40. The zero-order valence-electron chi connectivity index (χ0n) is 13.5. The van der Waals surface area contributed by atoms with Crippen LogP contribution in [0.4, 0.5) is 0 Å². The lowest BCUT2D eigenvalue weighted by atomic mass is 10.1. The van der Waals surface area contributed by atoms with Crippen LogP contribution < -0.4 is 10.6 Å². The molecule has 2 N–H and O–H groups in total. The van der Waals surface area contributed by atoms with Gasteiger partial charge in [0, 0.05) is 10.9 Å². The number of aryl methyl sites for hydroxylation is 2. The summed E-state index contributed by atoms with van der Waals surface area (Å²) >= 11 is 1.42. The van der Waals surface area contributed by atoms with Gasteiger partial charge in [-0.2, -0.15) is 0 Å². The molecule has 0 radical (unpaired) electrons. The number of carbonyl (C=O) groups excluding carboxylic acids is 2. The number of benzene rings is 1. The minimum Gasteiger partial charge on any atom is -0.352 e. The molecule has 0 fully saturated rings. The van der Waals surface area contributed by atoms with Gasteiger partial charge in [0.1, 0.15) is 0 Å². The average Bonchev–Trinajstić information content (AvgIpc) is 2.98. The van der Waals surface area contributed by atoms with E-state index in [2.05, 4.69) is 22.8 Å². The first-order valence-electron chi connectivity index (χ1n) is 7.72. The molecule has 0 saturated heterocycles.